The van der Waals surface area contributed by atoms with Crippen LogP contribution in [0.4, 0.5) is 0 Å². The number of carbonyl (C=O) groups excluding carboxylic acids is 1. The monoisotopic (exact) mass is 407 g/mol. The van der Waals surface area contributed by atoms with Crippen LogP contribution < -0.4 is 10.1 Å². The molecule has 7 heteroatoms. The van der Waals surface area contributed by atoms with Gasteiger partial charge in [0.05, 0.1) is 30.1 Å². The fraction of sp³-hybridized carbons (Fsp3) is 0.435. The highest BCUT2D eigenvalue weighted by atomic mass is 16.5. The molecule has 1 aromatic carbocycles. The van der Waals surface area contributed by atoms with E-state index in [1.807, 2.05) is 39.1 Å². The van der Waals surface area contributed by atoms with E-state index in [2.05, 4.69) is 32.4 Å². The third-order valence-electron chi connectivity index (χ3n) is 5.95. The van der Waals surface area contributed by atoms with E-state index in [1.54, 1.807) is 11.8 Å². The van der Waals surface area contributed by atoms with Gasteiger partial charge in [0.1, 0.15) is 5.75 Å². The predicted molar refractivity (Wildman–Crippen MR) is 117 cm³/mol. The normalized spacial score (nSPS) is 15.5. The van der Waals surface area contributed by atoms with Crippen LogP contribution in [0.15, 0.2) is 30.3 Å². The number of carbonyl (C=O) groups is 1. The summed E-state index contributed by atoms with van der Waals surface area (Å²) in [5.74, 6) is 0.734. The lowest BCUT2D eigenvalue weighted by Gasteiger charge is -2.28. The summed E-state index contributed by atoms with van der Waals surface area (Å²) in [6, 6.07) is 10.1. The third kappa shape index (κ3) is 3.89. The molecule has 0 saturated carbocycles. The molecule has 0 radical (unpaired) electrons. The highest BCUT2D eigenvalue weighted by Gasteiger charge is 2.25. The Morgan fingerprint density at radius 2 is 1.97 bits per heavy atom. The molecule has 1 fully saturated rings. The molecule has 30 heavy (non-hydrogen) atoms. The van der Waals surface area contributed by atoms with Crippen LogP contribution in [-0.2, 0) is 7.05 Å². The van der Waals surface area contributed by atoms with Gasteiger partial charge >= 0.3 is 0 Å². The number of likely N-dealkylation sites (tertiary alicyclic amines) is 1. The van der Waals surface area contributed by atoms with Crippen LogP contribution in [0.2, 0.25) is 0 Å². The van der Waals surface area contributed by atoms with Gasteiger partial charge in [-0.2, -0.15) is 5.10 Å². The fourth-order valence-corrected chi connectivity index (χ4v) is 4.31. The number of nitrogens with one attached hydrogen (secondary N) is 1. The Hall–Kier alpha value is -2.93. The number of amides is 1. The number of nitrogens with zero attached hydrogens (tertiary/aromatic N) is 4. The molecule has 0 bridgehead atoms. The quantitative estimate of drug-likeness (QED) is 0.680. The van der Waals surface area contributed by atoms with Crippen LogP contribution in [-0.4, -0.2) is 52.3 Å². The van der Waals surface area contributed by atoms with Crippen molar-refractivity contribution in [1.29, 1.82) is 0 Å². The number of aryl methyl sites for hydroxylation is 3. The minimum atomic E-state index is -0.0998. The highest BCUT2D eigenvalue weighted by molar-refractivity contribution is 5.98. The average molecular weight is 408 g/mol. The van der Waals surface area contributed by atoms with Crippen molar-refractivity contribution in [3.8, 4) is 5.75 Å². The van der Waals surface area contributed by atoms with Gasteiger partial charge in [-0.3, -0.25) is 14.4 Å². The first-order valence-electron chi connectivity index (χ1n) is 10.4. The predicted octanol–water partition coefficient (Wildman–Crippen LogP) is 3.16. The molecular formula is C23H29N5O2. The van der Waals surface area contributed by atoms with E-state index in [0.717, 1.165) is 41.1 Å². The van der Waals surface area contributed by atoms with E-state index in [4.69, 9.17) is 4.74 Å². The highest BCUT2D eigenvalue weighted by Crippen LogP contribution is 2.27. The molecule has 0 aliphatic carbocycles. The van der Waals surface area contributed by atoms with E-state index >= 15 is 0 Å². The molecule has 1 aliphatic heterocycles. The summed E-state index contributed by atoms with van der Waals surface area (Å²) in [4.78, 5) is 20.1. The van der Waals surface area contributed by atoms with Gasteiger partial charge in [0.2, 0.25) is 0 Å². The zero-order valence-corrected chi connectivity index (χ0v) is 18.1. The number of aromatic nitrogens is 3. The fourth-order valence-electron chi connectivity index (χ4n) is 4.31. The van der Waals surface area contributed by atoms with E-state index in [0.29, 0.717) is 17.8 Å². The van der Waals surface area contributed by atoms with Gasteiger partial charge in [-0.25, -0.2) is 4.98 Å². The molecule has 3 heterocycles. The zero-order valence-electron chi connectivity index (χ0n) is 18.1. The Balaban J connectivity index is 1.57. The maximum Gasteiger partial charge on any atom is 0.253 e. The van der Waals surface area contributed by atoms with Crippen LogP contribution in [0, 0.1) is 13.8 Å². The van der Waals surface area contributed by atoms with E-state index < -0.39 is 0 Å². The van der Waals surface area contributed by atoms with Crippen LogP contribution in [0.25, 0.3) is 11.0 Å². The Morgan fingerprint density at radius 1 is 1.20 bits per heavy atom. The number of pyridine rings is 1. The van der Waals surface area contributed by atoms with Crippen molar-refractivity contribution in [3.05, 3.63) is 52.8 Å². The topological polar surface area (TPSA) is 72.3 Å². The van der Waals surface area contributed by atoms with Crippen molar-refractivity contribution in [2.24, 2.45) is 7.05 Å². The minimum absolute atomic E-state index is 0.0998. The molecule has 1 N–H and O–H groups in total. The van der Waals surface area contributed by atoms with E-state index in [9.17, 15) is 4.79 Å². The molecule has 0 unspecified atom stereocenters. The summed E-state index contributed by atoms with van der Waals surface area (Å²) in [5, 5.41) is 8.49. The average Bonchev–Trinajstić information content (AvgIpc) is 3.36. The molecule has 1 aliphatic rings. The molecular weight excluding hydrogens is 378 g/mol. The molecule has 2 aromatic heterocycles. The summed E-state index contributed by atoms with van der Waals surface area (Å²) in [7, 11) is 3.55. The lowest BCUT2D eigenvalue weighted by Crippen LogP contribution is -2.37. The SMILES string of the molecule is COc1cccc([C@H](CNC(=O)c2cc3c(C)nn(C)c3nc2C)N2CCCC2)c1. The second kappa shape index (κ2) is 8.44. The minimum Gasteiger partial charge on any atom is -0.497 e. The second-order valence-corrected chi connectivity index (χ2v) is 7.95. The van der Waals surface area contributed by atoms with Crippen molar-refractivity contribution >= 4 is 16.9 Å². The number of hydrogen-bond donors (Lipinski definition) is 1. The van der Waals surface area contributed by atoms with Crippen LogP contribution in [0.3, 0.4) is 0 Å². The van der Waals surface area contributed by atoms with Gasteiger partial charge in [-0.05, 0) is 63.5 Å². The summed E-state index contributed by atoms with van der Waals surface area (Å²) >= 11 is 0. The number of benzene rings is 1. The van der Waals surface area contributed by atoms with Crippen molar-refractivity contribution in [2.75, 3.05) is 26.7 Å². The number of hydrogen-bond acceptors (Lipinski definition) is 5. The smallest absolute Gasteiger partial charge is 0.253 e. The van der Waals surface area contributed by atoms with Gasteiger partial charge < -0.3 is 10.1 Å². The maximum absolute atomic E-state index is 13.1. The van der Waals surface area contributed by atoms with Crippen molar-refractivity contribution < 1.29 is 9.53 Å². The molecule has 1 atom stereocenters. The van der Waals surface area contributed by atoms with E-state index in [1.165, 1.54) is 12.8 Å². The summed E-state index contributed by atoms with van der Waals surface area (Å²) < 4.78 is 7.17. The Kier molecular flexibility index (Phi) is 5.72. The van der Waals surface area contributed by atoms with Gasteiger partial charge in [0.15, 0.2) is 5.65 Å². The van der Waals surface area contributed by atoms with Crippen LogP contribution >= 0.6 is 0 Å². The Bertz CT molecular complexity index is 1070. The van der Waals surface area contributed by atoms with Gasteiger partial charge in [-0.1, -0.05) is 12.1 Å². The standard InChI is InChI=1S/C23H29N5O2/c1-15-20(13-19-16(2)26-27(3)22(19)25-15)23(29)24-14-21(28-10-5-6-11-28)17-8-7-9-18(12-17)30-4/h7-9,12-13,21H,5-6,10-11,14H2,1-4H3,(H,24,29)/t21-/m0/s1. The number of methoxy groups -OCH3 is 1. The molecule has 3 aromatic rings. The summed E-state index contributed by atoms with van der Waals surface area (Å²) in [6.07, 6.45) is 2.38. The van der Waals surface area contributed by atoms with Crippen LogP contribution in [0.1, 0.15) is 46.2 Å². The molecule has 158 valence electrons. The van der Waals surface area contributed by atoms with Gasteiger partial charge in [-0.15, -0.1) is 0 Å². The second-order valence-electron chi connectivity index (χ2n) is 7.95. The van der Waals surface area contributed by atoms with Crippen molar-refractivity contribution in [1.82, 2.24) is 25.0 Å². The number of fused-ring (bicyclic) bond motifs is 1. The molecule has 1 saturated heterocycles. The third-order valence-corrected chi connectivity index (χ3v) is 5.95. The van der Waals surface area contributed by atoms with Crippen LogP contribution in [0.5, 0.6) is 5.75 Å². The number of ether oxygens (including phenoxy) is 1. The lowest BCUT2D eigenvalue weighted by atomic mass is 10.0. The first kappa shape index (κ1) is 20.3. The summed E-state index contributed by atoms with van der Waals surface area (Å²) in [6.45, 7) is 6.43. The summed E-state index contributed by atoms with van der Waals surface area (Å²) in [5.41, 5.74) is 4.14. The molecule has 0 spiro atoms. The molecule has 1 amide bonds. The first-order valence-corrected chi connectivity index (χ1v) is 10.4. The van der Waals surface area contributed by atoms with Crippen molar-refractivity contribution in [2.45, 2.75) is 32.7 Å². The first-order chi connectivity index (χ1) is 14.5. The van der Waals surface area contributed by atoms with E-state index in [-0.39, 0.29) is 11.9 Å². The number of rotatable bonds is 6. The lowest BCUT2D eigenvalue weighted by molar-refractivity contribution is 0.0937. The molecule has 7 nitrogen and oxygen atoms in total. The van der Waals surface area contributed by atoms with Gasteiger partial charge in [0, 0.05) is 19.0 Å². The maximum atomic E-state index is 13.1. The van der Waals surface area contributed by atoms with Gasteiger partial charge in [0.25, 0.3) is 5.91 Å². The largest absolute Gasteiger partial charge is 0.497 e. The Morgan fingerprint density at radius 3 is 2.70 bits per heavy atom. The van der Waals surface area contributed by atoms with Crippen molar-refractivity contribution in [3.63, 3.8) is 0 Å². The molecule has 4 rings (SSSR count). The Labute approximate surface area is 177 Å². The zero-order chi connectivity index (χ0) is 21.3.